The molecule has 3 nitrogen and oxygen atoms in total. The molecule has 1 saturated heterocycles. The second-order valence-electron chi connectivity index (χ2n) is 6.40. The van der Waals surface area contributed by atoms with E-state index in [-0.39, 0.29) is 0 Å². The lowest BCUT2D eigenvalue weighted by Gasteiger charge is -2.28. The minimum atomic E-state index is 0.633. The van der Waals surface area contributed by atoms with Gasteiger partial charge in [-0.05, 0) is 53.2 Å². The fourth-order valence-corrected chi connectivity index (χ4v) is 3.15. The van der Waals surface area contributed by atoms with Gasteiger partial charge in [-0.25, -0.2) is 0 Å². The van der Waals surface area contributed by atoms with Gasteiger partial charge in [0, 0.05) is 31.2 Å². The molecule has 0 aromatic carbocycles. The number of rotatable bonds is 7. The Kier molecular flexibility index (Phi) is 6.61. The second-order valence-corrected chi connectivity index (χ2v) is 6.40. The summed E-state index contributed by atoms with van der Waals surface area (Å²) in [7, 11) is 4.42. The lowest BCUT2D eigenvalue weighted by Crippen LogP contribution is -2.39. The molecule has 0 aliphatic carbocycles. The molecule has 108 valence electrons. The van der Waals surface area contributed by atoms with Crippen molar-refractivity contribution in [2.24, 2.45) is 5.92 Å². The molecule has 3 heteroatoms. The van der Waals surface area contributed by atoms with Gasteiger partial charge in [-0.2, -0.15) is 0 Å². The van der Waals surface area contributed by atoms with Crippen LogP contribution in [0.15, 0.2) is 0 Å². The molecule has 1 aliphatic heterocycles. The highest BCUT2D eigenvalue weighted by atomic mass is 15.3. The standard InChI is InChI=1S/C15H33N3/c1-7-8-16-13(3)9-14(4)18-10-12(2)15(11-18)17(5)6/h12-16H,7-11H2,1-6H3. The molecular formula is C15H33N3. The number of nitrogens with zero attached hydrogens (tertiary/aromatic N) is 2. The van der Waals surface area contributed by atoms with Gasteiger partial charge in [0.1, 0.15) is 0 Å². The molecule has 1 aliphatic rings. The predicted molar refractivity (Wildman–Crippen MR) is 80.0 cm³/mol. The maximum absolute atomic E-state index is 3.59. The predicted octanol–water partition coefficient (Wildman–Crippen LogP) is 2.04. The Hall–Kier alpha value is -0.120. The quantitative estimate of drug-likeness (QED) is 0.751. The van der Waals surface area contributed by atoms with Crippen LogP contribution in [0.5, 0.6) is 0 Å². The van der Waals surface area contributed by atoms with Gasteiger partial charge in [0.25, 0.3) is 0 Å². The summed E-state index contributed by atoms with van der Waals surface area (Å²) < 4.78 is 0. The van der Waals surface area contributed by atoms with Crippen LogP contribution >= 0.6 is 0 Å². The highest BCUT2D eigenvalue weighted by Gasteiger charge is 2.33. The first-order chi connectivity index (χ1) is 8.45. The van der Waals surface area contributed by atoms with E-state index >= 15 is 0 Å². The molecule has 0 bridgehead atoms. The van der Waals surface area contributed by atoms with Crippen LogP contribution in [0.4, 0.5) is 0 Å². The molecule has 1 fully saturated rings. The van der Waals surface area contributed by atoms with E-state index in [4.69, 9.17) is 0 Å². The molecule has 1 rings (SSSR count). The van der Waals surface area contributed by atoms with E-state index in [0.29, 0.717) is 12.1 Å². The summed E-state index contributed by atoms with van der Waals surface area (Å²) in [5.74, 6) is 0.793. The summed E-state index contributed by atoms with van der Waals surface area (Å²) in [6, 6.07) is 2.05. The van der Waals surface area contributed by atoms with Crippen molar-refractivity contribution in [2.45, 2.75) is 58.7 Å². The van der Waals surface area contributed by atoms with Gasteiger partial charge >= 0.3 is 0 Å². The number of likely N-dealkylation sites (N-methyl/N-ethyl adjacent to an activating group) is 1. The van der Waals surface area contributed by atoms with E-state index in [1.54, 1.807) is 0 Å². The molecule has 1 N–H and O–H groups in total. The Bertz CT molecular complexity index is 230. The lowest BCUT2D eigenvalue weighted by atomic mass is 10.1. The van der Waals surface area contributed by atoms with Crippen LogP contribution in [-0.2, 0) is 0 Å². The van der Waals surface area contributed by atoms with Crippen molar-refractivity contribution in [2.75, 3.05) is 33.7 Å². The highest BCUT2D eigenvalue weighted by molar-refractivity contribution is 4.89. The Labute approximate surface area is 114 Å². The maximum atomic E-state index is 3.59. The largest absolute Gasteiger partial charge is 0.314 e. The molecule has 0 aromatic rings. The van der Waals surface area contributed by atoms with Crippen LogP contribution in [0, 0.1) is 5.92 Å². The second kappa shape index (κ2) is 7.46. The molecule has 0 saturated carbocycles. The first-order valence-corrected chi connectivity index (χ1v) is 7.59. The monoisotopic (exact) mass is 255 g/mol. The SMILES string of the molecule is CCCNC(C)CC(C)N1CC(C)C(N(C)C)C1. The van der Waals surface area contributed by atoms with Gasteiger partial charge in [0.2, 0.25) is 0 Å². The fraction of sp³-hybridized carbons (Fsp3) is 1.00. The van der Waals surface area contributed by atoms with E-state index in [2.05, 4.69) is 56.9 Å². The zero-order valence-corrected chi connectivity index (χ0v) is 13.2. The van der Waals surface area contributed by atoms with Crippen molar-refractivity contribution in [1.82, 2.24) is 15.1 Å². The Balaban J connectivity index is 2.37. The van der Waals surface area contributed by atoms with Gasteiger partial charge in [0.05, 0.1) is 0 Å². The maximum Gasteiger partial charge on any atom is 0.0254 e. The van der Waals surface area contributed by atoms with Crippen LogP contribution in [0.3, 0.4) is 0 Å². The van der Waals surface area contributed by atoms with Crippen molar-refractivity contribution < 1.29 is 0 Å². The first-order valence-electron chi connectivity index (χ1n) is 7.59. The van der Waals surface area contributed by atoms with E-state index in [0.717, 1.165) is 18.5 Å². The average Bonchev–Trinajstić information content (AvgIpc) is 2.68. The Morgan fingerprint density at radius 2 is 1.94 bits per heavy atom. The van der Waals surface area contributed by atoms with E-state index < -0.39 is 0 Å². The summed E-state index contributed by atoms with van der Waals surface area (Å²) in [5.41, 5.74) is 0. The molecule has 18 heavy (non-hydrogen) atoms. The minimum Gasteiger partial charge on any atom is -0.314 e. The number of hydrogen-bond donors (Lipinski definition) is 1. The minimum absolute atomic E-state index is 0.633. The van der Waals surface area contributed by atoms with Gasteiger partial charge in [-0.1, -0.05) is 13.8 Å². The van der Waals surface area contributed by atoms with Crippen LogP contribution < -0.4 is 5.32 Å². The highest BCUT2D eigenvalue weighted by Crippen LogP contribution is 2.23. The summed E-state index contributed by atoms with van der Waals surface area (Å²) in [6.07, 6.45) is 2.48. The molecule has 0 amide bonds. The molecule has 4 unspecified atom stereocenters. The number of nitrogens with one attached hydrogen (secondary N) is 1. The average molecular weight is 255 g/mol. The molecule has 0 spiro atoms. The van der Waals surface area contributed by atoms with Gasteiger partial charge in [0.15, 0.2) is 0 Å². The Morgan fingerprint density at radius 1 is 1.28 bits per heavy atom. The topological polar surface area (TPSA) is 18.5 Å². The molecule has 0 radical (unpaired) electrons. The van der Waals surface area contributed by atoms with E-state index in [1.807, 2.05) is 0 Å². The molecule has 4 atom stereocenters. The first kappa shape index (κ1) is 15.9. The third-order valence-corrected chi connectivity index (χ3v) is 4.33. The summed E-state index contributed by atoms with van der Waals surface area (Å²) in [5, 5.41) is 3.59. The van der Waals surface area contributed by atoms with Crippen LogP contribution in [0.1, 0.15) is 40.5 Å². The van der Waals surface area contributed by atoms with Crippen molar-refractivity contribution in [3.8, 4) is 0 Å². The third-order valence-electron chi connectivity index (χ3n) is 4.33. The zero-order valence-electron chi connectivity index (χ0n) is 13.2. The fourth-order valence-electron chi connectivity index (χ4n) is 3.15. The molecule has 0 aromatic heterocycles. The van der Waals surface area contributed by atoms with Crippen molar-refractivity contribution >= 4 is 0 Å². The summed E-state index contributed by atoms with van der Waals surface area (Å²) in [6.45, 7) is 12.9. The summed E-state index contributed by atoms with van der Waals surface area (Å²) in [4.78, 5) is 5.05. The lowest BCUT2D eigenvalue weighted by molar-refractivity contribution is 0.207. The van der Waals surface area contributed by atoms with Crippen molar-refractivity contribution in [3.63, 3.8) is 0 Å². The van der Waals surface area contributed by atoms with Crippen molar-refractivity contribution in [1.29, 1.82) is 0 Å². The van der Waals surface area contributed by atoms with Crippen LogP contribution in [0.25, 0.3) is 0 Å². The third kappa shape index (κ3) is 4.52. The smallest absolute Gasteiger partial charge is 0.0254 e. The van der Waals surface area contributed by atoms with Gasteiger partial charge in [-0.15, -0.1) is 0 Å². The summed E-state index contributed by atoms with van der Waals surface area (Å²) >= 11 is 0. The zero-order chi connectivity index (χ0) is 13.7. The Morgan fingerprint density at radius 3 is 2.44 bits per heavy atom. The molecule has 1 heterocycles. The normalized spacial score (nSPS) is 28.8. The van der Waals surface area contributed by atoms with E-state index in [1.165, 1.54) is 25.9 Å². The van der Waals surface area contributed by atoms with Gasteiger partial charge in [-0.3, -0.25) is 4.90 Å². The number of likely N-dealkylation sites (tertiary alicyclic amines) is 1. The van der Waals surface area contributed by atoms with E-state index in [9.17, 15) is 0 Å². The number of hydrogen-bond acceptors (Lipinski definition) is 3. The van der Waals surface area contributed by atoms with Crippen LogP contribution in [0.2, 0.25) is 0 Å². The molecular weight excluding hydrogens is 222 g/mol. The van der Waals surface area contributed by atoms with Gasteiger partial charge < -0.3 is 10.2 Å². The van der Waals surface area contributed by atoms with Crippen LogP contribution in [-0.4, -0.2) is 61.7 Å². The van der Waals surface area contributed by atoms with Crippen molar-refractivity contribution in [3.05, 3.63) is 0 Å².